The van der Waals surface area contributed by atoms with Gasteiger partial charge in [-0.3, -0.25) is 0 Å². The van der Waals surface area contributed by atoms with Crippen molar-refractivity contribution in [1.29, 1.82) is 0 Å². The molecular weight excluding hydrogens is 424 g/mol. The third-order valence-electron chi connectivity index (χ3n) is 7.83. The highest BCUT2D eigenvalue weighted by molar-refractivity contribution is 6.99. The van der Waals surface area contributed by atoms with Crippen LogP contribution >= 0.6 is 0 Å². The Morgan fingerprint density at radius 3 is 1.97 bits per heavy atom. The van der Waals surface area contributed by atoms with Gasteiger partial charge in [-0.05, 0) is 46.5 Å². The highest BCUT2D eigenvalue weighted by Crippen LogP contribution is 2.46. The lowest BCUT2D eigenvalue weighted by Crippen LogP contribution is -2.66. The first-order valence-corrected chi connectivity index (χ1v) is 14.6. The second-order valence-electron chi connectivity index (χ2n) is 11.1. The van der Waals surface area contributed by atoms with E-state index >= 15 is 0 Å². The molecule has 2 saturated carbocycles. The summed E-state index contributed by atoms with van der Waals surface area (Å²) in [7, 11) is -2.43. The van der Waals surface area contributed by atoms with Gasteiger partial charge >= 0.3 is 0 Å². The van der Waals surface area contributed by atoms with Crippen LogP contribution in [0.1, 0.15) is 52.9 Å². The highest BCUT2D eigenvalue weighted by Gasteiger charge is 2.51. The summed E-state index contributed by atoms with van der Waals surface area (Å²) in [6, 6.07) is 22.0. The Hall–Kier alpha value is -1.72. The fraction of sp³-hybridized carbons (Fsp3) is 0.517. The summed E-state index contributed by atoms with van der Waals surface area (Å²) in [5, 5.41) is 2.78. The molecule has 1 saturated heterocycles. The van der Waals surface area contributed by atoms with Gasteiger partial charge in [-0.2, -0.15) is 0 Å². The third-order valence-corrected chi connectivity index (χ3v) is 12.8. The Balaban J connectivity index is 1.30. The van der Waals surface area contributed by atoms with Crippen molar-refractivity contribution in [2.24, 2.45) is 11.8 Å². The van der Waals surface area contributed by atoms with E-state index in [9.17, 15) is 0 Å². The van der Waals surface area contributed by atoms with Crippen molar-refractivity contribution in [1.82, 2.24) is 0 Å². The largest absolute Gasteiger partial charge is 0.407 e. The quantitative estimate of drug-likeness (QED) is 0.422. The normalized spacial score (nSPS) is 24.8. The Morgan fingerprint density at radius 1 is 0.909 bits per heavy atom. The van der Waals surface area contributed by atoms with Gasteiger partial charge in [-0.25, -0.2) is 0 Å². The molecule has 2 aliphatic carbocycles. The van der Waals surface area contributed by atoms with Gasteiger partial charge in [0.05, 0.1) is 13.2 Å². The maximum Gasteiger partial charge on any atom is 0.261 e. The maximum absolute atomic E-state index is 7.16. The molecule has 33 heavy (non-hydrogen) atoms. The van der Waals surface area contributed by atoms with Crippen LogP contribution in [0.25, 0.3) is 0 Å². The molecular formula is C29H38O3Si. The van der Waals surface area contributed by atoms with E-state index < -0.39 is 8.32 Å². The lowest BCUT2D eigenvalue weighted by molar-refractivity contribution is -0.171. The molecule has 4 heteroatoms. The van der Waals surface area contributed by atoms with Crippen LogP contribution in [0.4, 0.5) is 0 Å². The van der Waals surface area contributed by atoms with Crippen molar-refractivity contribution in [2.45, 2.75) is 63.7 Å². The first-order chi connectivity index (χ1) is 15.9. The highest BCUT2D eigenvalue weighted by atomic mass is 28.4. The Bertz CT molecular complexity index is 906. The molecule has 0 amide bonds. The van der Waals surface area contributed by atoms with Gasteiger partial charge in [0.15, 0.2) is 5.79 Å². The number of benzene rings is 2. The smallest absolute Gasteiger partial charge is 0.261 e. The third kappa shape index (κ3) is 4.63. The standard InChI is InChI=1S/C29H38O3Si/c1-28(2,3)33(26-10-6-4-7-11-26,27-12-8-5-9-13-27)32-22-25-21-24(25)20-23-14-16-29(17-15-23)30-18-19-31-29/h4-13,20,24-25H,14-19,21-22H2,1-3H3/t24-,25+/m0/s1. The van der Waals surface area contributed by atoms with Crippen molar-refractivity contribution < 1.29 is 13.9 Å². The molecule has 1 spiro atoms. The van der Waals surface area contributed by atoms with Crippen LogP contribution in [0.3, 0.4) is 0 Å². The van der Waals surface area contributed by atoms with Gasteiger partial charge in [0.1, 0.15) is 0 Å². The van der Waals surface area contributed by atoms with E-state index in [1.807, 2.05) is 0 Å². The number of hydrogen-bond donors (Lipinski definition) is 0. The maximum atomic E-state index is 7.16. The van der Waals surface area contributed by atoms with Crippen LogP contribution in [0.2, 0.25) is 5.04 Å². The average molecular weight is 463 g/mol. The van der Waals surface area contributed by atoms with Gasteiger partial charge in [-0.15, -0.1) is 0 Å². The summed E-state index contributed by atoms with van der Waals surface area (Å²) >= 11 is 0. The molecule has 5 rings (SSSR count). The van der Waals surface area contributed by atoms with Crippen LogP contribution in [-0.4, -0.2) is 33.9 Å². The summed E-state index contributed by atoms with van der Waals surface area (Å²) in [5.41, 5.74) is 1.60. The van der Waals surface area contributed by atoms with Gasteiger partial charge in [0, 0.05) is 19.4 Å². The van der Waals surface area contributed by atoms with Gasteiger partial charge in [0.2, 0.25) is 0 Å². The van der Waals surface area contributed by atoms with E-state index in [1.165, 1.54) is 16.8 Å². The molecule has 3 aliphatic rings. The molecule has 2 atom stereocenters. The van der Waals surface area contributed by atoms with Gasteiger partial charge in [-0.1, -0.05) is 93.1 Å². The van der Waals surface area contributed by atoms with Crippen LogP contribution < -0.4 is 10.4 Å². The fourth-order valence-corrected chi connectivity index (χ4v) is 10.5. The zero-order valence-corrected chi connectivity index (χ0v) is 21.4. The molecule has 0 unspecified atom stereocenters. The molecule has 176 valence electrons. The zero-order chi connectivity index (χ0) is 22.9. The topological polar surface area (TPSA) is 27.7 Å². The summed E-state index contributed by atoms with van der Waals surface area (Å²) in [4.78, 5) is 0. The van der Waals surface area contributed by atoms with Gasteiger partial charge < -0.3 is 13.9 Å². The minimum atomic E-state index is -2.43. The average Bonchev–Trinajstić information content (AvgIpc) is 3.40. The second-order valence-corrected chi connectivity index (χ2v) is 15.4. The molecule has 0 radical (unpaired) electrons. The summed E-state index contributed by atoms with van der Waals surface area (Å²) in [5.74, 6) is 1.03. The molecule has 1 aliphatic heterocycles. The second kappa shape index (κ2) is 9.14. The molecule has 3 fully saturated rings. The molecule has 2 aromatic carbocycles. The minimum absolute atomic E-state index is 0.0392. The van der Waals surface area contributed by atoms with E-state index in [0.717, 1.165) is 45.5 Å². The molecule has 2 aromatic rings. The van der Waals surface area contributed by atoms with Crippen molar-refractivity contribution >= 4 is 18.7 Å². The molecule has 3 nitrogen and oxygen atoms in total. The van der Waals surface area contributed by atoms with E-state index in [-0.39, 0.29) is 10.8 Å². The van der Waals surface area contributed by atoms with Crippen molar-refractivity contribution in [3.63, 3.8) is 0 Å². The summed E-state index contributed by atoms with van der Waals surface area (Å²) < 4.78 is 19.0. The monoisotopic (exact) mass is 462 g/mol. The van der Waals surface area contributed by atoms with E-state index in [2.05, 4.69) is 87.5 Å². The van der Waals surface area contributed by atoms with Crippen molar-refractivity contribution in [2.75, 3.05) is 19.8 Å². The molecule has 1 heterocycles. The number of ether oxygens (including phenoxy) is 2. The molecule has 0 bridgehead atoms. The first-order valence-electron chi connectivity index (χ1n) is 12.6. The lowest BCUT2D eigenvalue weighted by atomic mass is 9.89. The first kappa shape index (κ1) is 23.0. The Kier molecular flexibility index (Phi) is 6.38. The number of rotatable bonds is 6. The number of hydrogen-bond acceptors (Lipinski definition) is 3. The predicted molar refractivity (Wildman–Crippen MR) is 136 cm³/mol. The predicted octanol–water partition coefficient (Wildman–Crippen LogP) is 5.44. The SMILES string of the molecule is CC(C)(C)[Si](OC[C@H]1C[C@@H]1C=C1CCC2(CC1)OCCO2)(c1ccccc1)c1ccccc1. The Labute approximate surface area is 200 Å². The van der Waals surface area contributed by atoms with E-state index in [1.54, 1.807) is 5.57 Å². The number of allylic oxidation sites excluding steroid dienone is 2. The summed E-state index contributed by atoms with van der Waals surface area (Å²) in [6.07, 6.45) is 8.04. The van der Waals surface area contributed by atoms with Crippen LogP contribution in [0.5, 0.6) is 0 Å². The van der Waals surface area contributed by atoms with Crippen molar-refractivity contribution in [3.05, 3.63) is 72.3 Å². The van der Waals surface area contributed by atoms with Crippen molar-refractivity contribution in [3.8, 4) is 0 Å². The summed E-state index contributed by atoms with van der Waals surface area (Å²) in [6.45, 7) is 9.42. The van der Waals surface area contributed by atoms with Crippen LogP contribution in [-0.2, 0) is 13.9 Å². The van der Waals surface area contributed by atoms with Gasteiger partial charge in [0.25, 0.3) is 8.32 Å². The Morgan fingerprint density at radius 2 is 1.45 bits per heavy atom. The van der Waals surface area contributed by atoms with Crippen LogP contribution in [0.15, 0.2) is 72.3 Å². The van der Waals surface area contributed by atoms with E-state index in [0.29, 0.717) is 11.8 Å². The molecule has 0 aromatic heterocycles. The van der Waals surface area contributed by atoms with E-state index in [4.69, 9.17) is 13.9 Å². The minimum Gasteiger partial charge on any atom is -0.407 e. The zero-order valence-electron chi connectivity index (χ0n) is 20.4. The lowest BCUT2D eigenvalue weighted by Gasteiger charge is -2.43. The molecule has 0 N–H and O–H groups in total. The fourth-order valence-electron chi connectivity index (χ4n) is 5.87. The van der Waals surface area contributed by atoms with Crippen LogP contribution in [0, 0.1) is 11.8 Å².